The normalized spacial score (nSPS) is 14.9. The van der Waals surface area contributed by atoms with Gasteiger partial charge in [0.05, 0.1) is 0 Å². The lowest BCUT2D eigenvalue weighted by Gasteiger charge is -2.19. The highest BCUT2D eigenvalue weighted by Crippen LogP contribution is 2.20. The van der Waals surface area contributed by atoms with E-state index >= 15 is 0 Å². The minimum Gasteiger partial charge on any atom is -0.480 e. The van der Waals surface area contributed by atoms with Gasteiger partial charge in [-0.2, -0.15) is 0 Å². The Bertz CT molecular complexity index is 357. The molecule has 3 N–H and O–H groups in total. The fraction of sp³-hybridized carbons (Fsp3) is 0.222. The topological polar surface area (TPSA) is 63.3 Å². The Morgan fingerprint density at radius 2 is 1.79 bits per heavy atom. The van der Waals surface area contributed by atoms with E-state index in [0.29, 0.717) is 6.07 Å². The van der Waals surface area contributed by atoms with Gasteiger partial charge in [0.15, 0.2) is 0 Å². The van der Waals surface area contributed by atoms with Gasteiger partial charge in [0, 0.05) is 6.07 Å². The highest BCUT2D eigenvalue weighted by atomic mass is 19.1. The first-order valence-corrected chi connectivity index (χ1v) is 3.83. The number of hydrogen-bond donors (Lipinski definition) is 2. The third kappa shape index (κ3) is 1.88. The van der Waals surface area contributed by atoms with Crippen LogP contribution >= 0.6 is 0 Å². The summed E-state index contributed by atoms with van der Waals surface area (Å²) in [6.45, 7) is 1.17. The minimum atomic E-state index is -1.79. The monoisotopic (exact) mass is 201 g/mol. The third-order valence-corrected chi connectivity index (χ3v) is 1.91. The van der Waals surface area contributed by atoms with Crippen LogP contribution in [-0.4, -0.2) is 11.1 Å². The van der Waals surface area contributed by atoms with Crippen LogP contribution in [0.2, 0.25) is 0 Å². The van der Waals surface area contributed by atoms with E-state index in [1.165, 1.54) is 6.92 Å². The van der Waals surface area contributed by atoms with Crippen molar-refractivity contribution >= 4 is 5.97 Å². The van der Waals surface area contributed by atoms with Crippen LogP contribution in [0.5, 0.6) is 0 Å². The van der Waals surface area contributed by atoms with Crippen molar-refractivity contribution in [3.63, 3.8) is 0 Å². The van der Waals surface area contributed by atoms with Gasteiger partial charge in [-0.3, -0.25) is 0 Å². The van der Waals surface area contributed by atoms with Crippen LogP contribution in [0.4, 0.5) is 8.78 Å². The summed E-state index contributed by atoms with van der Waals surface area (Å²) >= 11 is 0. The Balaban J connectivity index is 3.25. The molecule has 3 nitrogen and oxygen atoms in total. The van der Waals surface area contributed by atoms with Crippen LogP contribution in [0.25, 0.3) is 0 Å². The van der Waals surface area contributed by atoms with Crippen LogP contribution in [0.3, 0.4) is 0 Å². The van der Waals surface area contributed by atoms with Crippen LogP contribution in [-0.2, 0) is 10.3 Å². The van der Waals surface area contributed by atoms with Crippen molar-refractivity contribution in [1.29, 1.82) is 0 Å². The molecule has 0 fully saturated rings. The molecule has 0 saturated carbocycles. The predicted octanol–water partition coefficient (Wildman–Crippen LogP) is 1.22. The largest absolute Gasteiger partial charge is 0.480 e. The van der Waals surface area contributed by atoms with Gasteiger partial charge in [-0.25, -0.2) is 13.6 Å². The summed E-state index contributed by atoms with van der Waals surface area (Å²) in [6.07, 6.45) is 0. The molecular formula is C9H9F2NO2. The molecule has 0 aliphatic rings. The molecule has 0 bridgehead atoms. The number of halogens is 2. The number of hydrogen-bond acceptors (Lipinski definition) is 2. The van der Waals surface area contributed by atoms with Gasteiger partial charge in [0.25, 0.3) is 0 Å². The molecule has 0 aromatic heterocycles. The second-order valence-electron chi connectivity index (χ2n) is 3.17. The molecule has 0 aliphatic heterocycles. The smallest absolute Gasteiger partial charge is 0.328 e. The molecule has 0 aliphatic carbocycles. The fourth-order valence-electron chi connectivity index (χ4n) is 0.977. The SMILES string of the molecule is C[C@@](N)(C(=O)O)c1cc(F)cc(F)c1. The van der Waals surface area contributed by atoms with Gasteiger partial charge in [-0.15, -0.1) is 0 Å². The lowest BCUT2D eigenvalue weighted by molar-refractivity contribution is -0.143. The van der Waals surface area contributed by atoms with E-state index in [9.17, 15) is 13.6 Å². The molecule has 0 spiro atoms. The number of carbonyl (C=O) groups is 1. The Labute approximate surface area is 79.2 Å². The van der Waals surface area contributed by atoms with Crippen molar-refractivity contribution in [1.82, 2.24) is 0 Å². The van der Waals surface area contributed by atoms with Crippen molar-refractivity contribution in [2.45, 2.75) is 12.5 Å². The number of aliphatic carboxylic acids is 1. The summed E-state index contributed by atoms with van der Waals surface area (Å²) in [7, 11) is 0. The lowest BCUT2D eigenvalue weighted by atomic mass is 9.93. The summed E-state index contributed by atoms with van der Waals surface area (Å²) in [5.74, 6) is -3.04. The summed E-state index contributed by atoms with van der Waals surface area (Å²) in [5, 5.41) is 8.71. The second kappa shape index (κ2) is 3.34. The van der Waals surface area contributed by atoms with Crippen molar-refractivity contribution in [3.8, 4) is 0 Å². The quantitative estimate of drug-likeness (QED) is 0.756. The number of nitrogens with two attached hydrogens (primary N) is 1. The summed E-state index contributed by atoms with van der Waals surface area (Å²) in [5.41, 5.74) is 3.49. The van der Waals surface area contributed by atoms with Crippen molar-refractivity contribution in [2.24, 2.45) is 5.73 Å². The van der Waals surface area contributed by atoms with Gasteiger partial charge in [-0.1, -0.05) is 0 Å². The van der Waals surface area contributed by atoms with Crippen LogP contribution in [0.15, 0.2) is 18.2 Å². The van der Waals surface area contributed by atoms with Crippen LogP contribution in [0, 0.1) is 11.6 Å². The fourth-order valence-corrected chi connectivity index (χ4v) is 0.977. The maximum atomic E-state index is 12.7. The van der Waals surface area contributed by atoms with E-state index in [1.54, 1.807) is 0 Å². The highest BCUT2D eigenvalue weighted by molar-refractivity contribution is 5.79. The molecule has 1 aromatic carbocycles. The standard InChI is InChI=1S/C9H9F2NO2/c1-9(12,8(13)14)5-2-6(10)4-7(11)3-5/h2-4H,12H2,1H3,(H,13,14)/t9-/m0/s1. The zero-order chi connectivity index (χ0) is 10.9. The second-order valence-corrected chi connectivity index (χ2v) is 3.17. The Morgan fingerprint density at radius 3 is 2.14 bits per heavy atom. The molecule has 76 valence electrons. The van der Waals surface area contributed by atoms with Crippen molar-refractivity contribution < 1.29 is 18.7 Å². The number of carboxylic acids is 1. The molecule has 1 atom stereocenters. The minimum absolute atomic E-state index is 0.109. The summed E-state index contributed by atoms with van der Waals surface area (Å²) < 4.78 is 25.5. The third-order valence-electron chi connectivity index (χ3n) is 1.91. The molecule has 0 heterocycles. The average Bonchev–Trinajstić information content (AvgIpc) is 2.01. The van der Waals surface area contributed by atoms with E-state index in [0.717, 1.165) is 12.1 Å². The average molecular weight is 201 g/mol. The molecule has 0 radical (unpaired) electrons. The van der Waals surface area contributed by atoms with Crippen LogP contribution < -0.4 is 5.73 Å². The van der Waals surface area contributed by atoms with Gasteiger partial charge >= 0.3 is 5.97 Å². The zero-order valence-electron chi connectivity index (χ0n) is 7.42. The first kappa shape index (κ1) is 10.6. The maximum Gasteiger partial charge on any atom is 0.328 e. The van der Waals surface area contributed by atoms with E-state index in [1.807, 2.05) is 0 Å². The van der Waals surface area contributed by atoms with E-state index < -0.39 is 23.1 Å². The Kier molecular flexibility index (Phi) is 2.53. The predicted molar refractivity (Wildman–Crippen MR) is 45.5 cm³/mol. The summed E-state index contributed by atoms with van der Waals surface area (Å²) in [4.78, 5) is 10.7. The molecule has 1 rings (SSSR count). The van der Waals surface area contributed by atoms with E-state index in [4.69, 9.17) is 10.8 Å². The van der Waals surface area contributed by atoms with Crippen molar-refractivity contribution in [3.05, 3.63) is 35.4 Å². The van der Waals surface area contributed by atoms with E-state index in [-0.39, 0.29) is 5.56 Å². The highest BCUT2D eigenvalue weighted by Gasteiger charge is 2.31. The first-order valence-electron chi connectivity index (χ1n) is 3.83. The van der Waals surface area contributed by atoms with Gasteiger partial charge in [-0.05, 0) is 24.6 Å². The molecule has 1 aromatic rings. The number of rotatable bonds is 2. The Hall–Kier alpha value is -1.49. The molecule has 0 amide bonds. The molecular weight excluding hydrogens is 192 g/mol. The summed E-state index contributed by atoms with van der Waals surface area (Å²) in [6, 6.07) is 2.45. The maximum absolute atomic E-state index is 12.7. The van der Waals surface area contributed by atoms with Gasteiger partial charge in [0.1, 0.15) is 17.2 Å². The number of carboxylic acid groups (broad SMARTS) is 1. The molecule has 0 unspecified atom stereocenters. The van der Waals surface area contributed by atoms with Crippen molar-refractivity contribution in [2.75, 3.05) is 0 Å². The van der Waals surface area contributed by atoms with E-state index in [2.05, 4.69) is 0 Å². The molecule has 0 saturated heterocycles. The lowest BCUT2D eigenvalue weighted by Crippen LogP contribution is -2.41. The zero-order valence-corrected chi connectivity index (χ0v) is 7.42. The Morgan fingerprint density at radius 1 is 1.36 bits per heavy atom. The van der Waals surface area contributed by atoms with Gasteiger partial charge in [0.2, 0.25) is 0 Å². The van der Waals surface area contributed by atoms with Crippen LogP contribution in [0.1, 0.15) is 12.5 Å². The first-order chi connectivity index (χ1) is 6.34. The molecule has 14 heavy (non-hydrogen) atoms. The number of benzene rings is 1. The molecule has 5 heteroatoms. The van der Waals surface area contributed by atoms with Gasteiger partial charge < -0.3 is 10.8 Å².